The highest BCUT2D eigenvalue weighted by Crippen LogP contribution is 2.61. The first-order valence-electron chi connectivity index (χ1n) is 10.7. The molecular weight excluding hydrogens is 477 g/mol. The van der Waals surface area contributed by atoms with E-state index in [0.717, 1.165) is 16.9 Å². The van der Waals surface area contributed by atoms with Crippen LogP contribution in [0.4, 0.5) is 5.69 Å². The molecule has 33 heavy (non-hydrogen) atoms. The number of carbonyl (C=O) groups excluding carboxylic acids is 2. The Labute approximate surface area is 205 Å². The molecule has 0 radical (unpaired) electrons. The van der Waals surface area contributed by atoms with Crippen LogP contribution >= 0.6 is 35.0 Å². The quantitative estimate of drug-likeness (QED) is 0.505. The number of carbonyl (C=O) groups is 2. The van der Waals surface area contributed by atoms with Gasteiger partial charge in [-0.1, -0.05) is 35.3 Å². The van der Waals surface area contributed by atoms with E-state index < -0.39 is 11.5 Å². The highest BCUT2D eigenvalue weighted by Gasteiger charge is 2.69. The Hall–Kier alpha value is -2.38. The van der Waals surface area contributed by atoms with E-state index in [-0.39, 0.29) is 23.7 Å². The average Bonchev–Trinajstić information content (AvgIpc) is 3.48. The van der Waals surface area contributed by atoms with E-state index in [2.05, 4.69) is 15.2 Å². The van der Waals surface area contributed by atoms with Gasteiger partial charge >= 0.3 is 0 Å². The third-order valence-electron chi connectivity index (χ3n) is 7.07. The smallest absolute Gasteiger partial charge is 0.250 e. The minimum atomic E-state index is -1.15. The number of ketones is 1. The SMILES string of the molecule is O=C(c1cccnc1)[C@H]1[C@@H](c2ccc(Cl)cc2)[C@@H]2CSCN2[C@@]12C(=O)Nc1ccc(Cl)cc12. The van der Waals surface area contributed by atoms with Gasteiger partial charge in [-0.2, -0.15) is 0 Å². The lowest BCUT2D eigenvalue weighted by atomic mass is 9.69. The van der Waals surface area contributed by atoms with E-state index in [4.69, 9.17) is 23.2 Å². The molecule has 0 aliphatic carbocycles. The van der Waals surface area contributed by atoms with Crippen molar-refractivity contribution in [3.63, 3.8) is 0 Å². The molecule has 8 heteroatoms. The number of halogens is 2. The summed E-state index contributed by atoms with van der Waals surface area (Å²) in [5.74, 6) is 0.380. The fourth-order valence-corrected chi connectivity index (χ4v) is 7.42. The molecule has 5 nitrogen and oxygen atoms in total. The van der Waals surface area contributed by atoms with Gasteiger partial charge in [0.2, 0.25) is 5.91 Å². The second-order valence-electron chi connectivity index (χ2n) is 8.61. The summed E-state index contributed by atoms with van der Waals surface area (Å²) in [5.41, 5.74) is 1.83. The molecule has 4 heterocycles. The number of pyridine rings is 1. The number of hydrogen-bond donors (Lipinski definition) is 1. The maximum atomic E-state index is 14.2. The number of fused-ring (bicyclic) bond motifs is 4. The Morgan fingerprint density at radius 2 is 1.91 bits per heavy atom. The third kappa shape index (κ3) is 3.01. The zero-order chi connectivity index (χ0) is 22.7. The molecule has 1 N–H and O–H groups in total. The first-order valence-corrected chi connectivity index (χ1v) is 12.6. The fourth-order valence-electron chi connectivity index (χ4n) is 5.79. The van der Waals surface area contributed by atoms with Crippen molar-refractivity contribution in [3.05, 3.63) is 93.7 Å². The zero-order valence-corrected chi connectivity index (χ0v) is 19.7. The second kappa shape index (κ2) is 7.84. The molecule has 3 aliphatic rings. The molecule has 2 saturated heterocycles. The van der Waals surface area contributed by atoms with Crippen LogP contribution in [-0.2, 0) is 10.3 Å². The van der Waals surface area contributed by atoms with Crippen molar-refractivity contribution in [2.75, 3.05) is 16.9 Å². The van der Waals surface area contributed by atoms with Crippen molar-refractivity contribution in [1.82, 2.24) is 9.88 Å². The Kier molecular flexibility index (Phi) is 5.03. The van der Waals surface area contributed by atoms with E-state index in [9.17, 15) is 9.59 Å². The monoisotopic (exact) mass is 495 g/mol. The van der Waals surface area contributed by atoms with Crippen molar-refractivity contribution in [1.29, 1.82) is 0 Å². The Morgan fingerprint density at radius 3 is 2.67 bits per heavy atom. The van der Waals surface area contributed by atoms with Crippen molar-refractivity contribution >= 4 is 52.3 Å². The first-order chi connectivity index (χ1) is 16.0. The zero-order valence-electron chi connectivity index (χ0n) is 17.4. The Balaban J connectivity index is 1.63. The summed E-state index contributed by atoms with van der Waals surface area (Å²) in [4.78, 5) is 34.5. The second-order valence-corrected chi connectivity index (χ2v) is 10.5. The lowest BCUT2D eigenvalue weighted by Gasteiger charge is -2.36. The van der Waals surface area contributed by atoms with E-state index in [1.165, 1.54) is 0 Å². The number of nitrogens with one attached hydrogen (secondary N) is 1. The fraction of sp³-hybridized carbons (Fsp3) is 0.240. The van der Waals surface area contributed by atoms with Crippen LogP contribution in [0.3, 0.4) is 0 Å². The van der Waals surface area contributed by atoms with Gasteiger partial charge in [-0.15, -0.1) is 11.8 Å². The van der Waals surface area contributed by atoms with Crippen molar-refractivity contribution in [2.45, 2.75) is 17.5 Å². The minimum absolute atomic E-state index is 0.0116. The summed E-state index contributed by atoms with van der Waals surface area (Å²) in [7, 11) is 0. The Bertz CT molecular complexity index is 1270. The van der Waals surface area contributed by atoms with Gasteiger partial charge in [0.25, 0.3) is 0 Å². The number of Topliss-reactive ketones (excluding diaryl/α,β-unsaturated/α-hetero) is 1. The molecule has 2 fully saturated rings. The molecular formula is C25H19Cl2N3O2S. The summed E-state index contributed by atoms with van der Waals surface area (Å²) >= 11 is 14.4. The normalized spacial score (nSPS) is 28.1. The summed E-state index contributed by atoms with van der Waals surface area (Å²) in [6.45, 7) is 0. The average molecular weight is 496 g/mol. The lowest BCUT2D eigenvalue weighted by molar-refractivity contribution is -0.127. The van der Waals surface area contributed by atoms with Crippen LogP contribution < -0.4 is 5.32 Å². The number of thioether (sulfide) groups is 1. The minimum Gasteiger partial charge on any atom is -0.324 e. The molecule has 1 aromatic heterocycles. The van der Waals surface area contributed by atoms with Crippen molar-refractivity contribution in [2.24, 2.45) is 5.92 Å². The number of aromatic nitrogens is 1. The highest BCUT2D eigenvalue weighted by molar-refractivity contribution is 7.99. The molecule has 6 rings (SSSR count). The van der Waals surface area contributed by atoms with Crippen LogP contribution in [0.15, 0.2) is 67.0 Å². The third-order valence-corrected chi connectivity index (χ3v) is 8.59. The van der Waals surface area contributed by atoms with Gasteiger partial charge in [-0.25, -0.2) is 0 Å². The first kappa shape index (κ1) is 21.2. The van der Waals surface area contributed by atoms with Crippen LogP contribution in [0.25, 0.3) is 0 Å². The molecule has 3 aliphatic heterocycles. The number of benzene rings is 2. The van der Waals surface area contributed by atoms with Crippen LogP contribution in [0.2, 0.25) is 10.0 Å². The molecule has 0 bridgehead atoms. The predicted molar refractivity (Wildman–Crippen MR) is 131 cm³/mol. The molecule has 2 aromatic carbocycles. The molecule has 0 saturated carbocycles. The van der Waals surface area contributed by atoms with Gasteiger partial charge < -0.3 is 5.32 Å². The molecule has 166 valence electrons. The standard InChI is InChI=1S/C25H19Cl2N3O2S/c26-16-5-3-14(4-6-16)21-20-12-33-13-30(20)25(22(21)23(31)15-2-1-9-28-11-15)18-10-17(27)7-8-19(18)29-24(25)32/h1-11,20-22H,12-13H2,(H,29,32)/t20-,21-,22+,25+/m0/s1. The summed E-state index contributed by atoms with van der Waals surface area (Å²) in [5, 5.41) is 4.22. The Morgan fingerprint density at radius 1 is 1.12 bits per heavy atom. The number of anilines is 1. The molecule has 4 atom stereocenters. The molecule has 1 spiro atoms. The van der Waals surface area contributed by atoms with Gasteiger partial charge in [-0.05, 0) is 48.0 Å². The van der Waals surface area contributed by atoms with Crippen molar-refractivity contribution in [3.8, 4) is 0 Å². The summed E-state index contributed by atoms with van der Waals surface area (Å²) in [6.07, 6.45) is 3.23. The largest absolute Gasteiger partial charge is 0.324 e. The van der Waals surface area contributed by atoms with E-state index in [1.807, 2.05) is 36.4 Å². The molecule has 0 unspecified atom stereocenters. The number of rotatable bonds is 3. The number of hydrogen-bond acceptors (Lipinski definition) is 5. The maximum Gasteiger partial charge on any atom is 0.250 e. The predicted octanol–water partition coefficient (Wildman–Crippen LogP) is 5.21. The van der Waals surface area contributed by atoms with E-state index >= 15 is 0 Å². The van der Waals surface area contributed by atoms with Crippen LogP contribution in [0.5, 0.6) is 0 Å². The van der Waals surface area contributed by atoms with Crippen LogP contribution in [0.1, 0.15) is 27.4 Å². The van der Waals surface area contributed by atoms with Gasteiger partial charge in [0.1, 0.15) is 5.54 Å². The summed E-state index contributed by atoms with van der Waals surface area (Å²) < 4.78 is 0. The van der Waals surface area contributed by atoms with Gasteiger partial charge in [0.05, 0.1) is 5.92 Å². The van der Waals surface area contributed by atoms with E-state index in [1.54, 1.807) is 42.4 Å². The maximum absolute atomic E-state index is 14.2. The molecule has 1 amide bonds. The summed E-state index contributed by atoms with van der Waals surface area (Å²) in [6, 6.07) is 16.6. The van der Waals surface area contributed by atoms with E-state index in [0.29, 0.717) is 27.2 Å². The van der Waals surface area contributed by atoms with Crippen molar-refractivity contribution < 1.29 is 9.59 Å². The van der Waals surface area contributed by atoms with Gasteiger partial charge in [0, 0.05) is 62.8 Å². The number of nitrogens with zero attached hydrogens (tertiary/aromatic N) is 2. The van der Waals surface area contributed by atoms with Crippen LogP contribution in [-0.4, -0.2) is 39.2 Å². The lowest BCUT2D eigenvalue weighted by Crippen LogP contribution is -2.52. The topological polar surface area (TPSA) is 62.3 Å². The van der Waals surface area contributed by atoms with Gasteiger partial charge in [0.15, 0.2) is 5.78 Å². The van der Waals surface area contributed by atoms with Crippen LogP contribution in [0, 0.1) is 5.92 Å². The van der Waals surface area contributed by atoms with Gasteiger partial charge in [-0.3, -0.25) is 19.5 Å². The number of amides is 1. The highest BCUT2D eigenvalue weighted by atomic mass is 35.5. The molecule has 3 aromatic rings.